The van der Waals surface area contributed by atoms with Crippen LogP contribution >= 0.6 is 11.8 Å². The predicted octanol–water partition coefficient (Wildman–Crippen LogP) is 3.09. The van der Waals surface area contributed by atoms with Crippen molar-refractivity contribution in [1.82, 2.24) is 4.90 Å². The van der Waals surface area contributed by atoms with Gasteiger partial charge in [0.1, 0.15) is 0 Å². The van der Waals surface area contributed by atoms with Crippen LogP contribution in [0.25, 0.3) is 0 Å². The summed E-state index contributed by atoms with van der Waals surface area (Å²) in [7, 11) is 1.94. The number of carboxylic acids is 1. The lowest BCUT2D eigenvalue weighted by Crippen LogP contribution is -2.21. The number of carbonyl (C=O) groups is 1. The lowest BCUT2D eigenvalue weighted by atomic mass is 10.2. The van der Waals surface area contributed by atoms with Crippen molar-refractivity contribution in [3.05, 3.63) is 29.8 Å². The van der Waals surface area contributed by atoms with Crippen LogP contribution in [-0.2, 0) is 11.3 Å². The number of hydrogen-bond acceptors (Lipinski definition) is 3. The molecule has 1 aromatic rings. The van der Waals surface area contributed by atoms with Gasteiger partial charge in [-0.2, -0.15) is 0 Å². The van der Waals surface area contributed by atoms with Crippen molar-refractivity contribution in [2.75, 3.05) is 13.6 Å². The average molecular weight is 267 g/mol. The zero-order valence-corrected chi connectivity index (χ0v) is 12.0. The van der Waals surface area contributed by atoms with E-state index in [1.807, 2.05) is 23.7 Å². The highest BCUT2D eigenvalue weighted by Crippen LogP contribution is 2.23. The number of benzene rings is 1. The summed E-state index contributed by atoms with van der Waals surface area (Å²) in [5.41, 5.74) is 1.22. The third-order valence-corrected chi connectivity index (χ3v) is 3.47. The summed E-state index contributed by atoms with van der Waals surface area (Å²) in [5.74, 6) is -0.745. The SMILES string of the molecule is CC(C)Sc1ccc(CN(C)CCC(=O)O)cc1. The zero-order chi connectivity index (χ0) is 13.5. The van der Waals surface area contributed by atoms with E-state index in [0.717, 1.165) is 6.54 Å². The molecule has 4 heteroatoms. The Hall–Kier alpha value is -1.00. The van der Waals surface area contributed by atoms with Crippen molar-refractivity contribution in [2.45, 2.75) is 37.0 Å². The van der Waals surface area contributed by atoms with Crippen molar-refractivity contribution < 1.29 is 9.90 Å². The fraction of sp³-hybridized carbons (Fsp3) is 0.500. The minimum atomic E-state index is -0.745. The van der Waals surface area contributed by atoms with Crippen LogP contribution in [0.3, 0.4) is 0 Å². The van der Waals surface area contributed by atoms with E-state index in [1.165, 1.54) is 10.5 Å². The van der Waals surface area contributed by atoms with Crippen molar-refractivity contribution in [3.8, 4) is 0 Å². The normalized spacial score (nSPS) is 11.2. The summed E-state index contributed by atoms with van der Waals surface area (Å²) in [5, 5.41) is 9.21. The molecule has 0 fully saturated rings. The lowest BCUT2D eigenvalue weighted by molar-refractivity contribution is -0.137. The Bertz CT molecular complexity index is 376. The summed E-state index contributed by atoms with van der Waals surface area (Å²) >= 11 is 1.85. The molecule has 0 bridgehead atoms. The van der Waals surface area contributed by atoms with Gasteiger partial charge >= 0.3 is 5.97 Å². The Morgan fingerprint density at radius 1 is 1.33 bits per heavy atom. The standard InChI is InChI=1S/C14H21NO2S/c1-11(2)18-13-6-4-12(5-7-13)10-15(3)9-8-14(16)17/h4-7,11H,8-10H2,1-3H3,(H,16,17). The van der Waals surface area contributed by atoms with Crippen molar-refractivity contribution >= 4 is 17.7 Å². The van der Waals surface area contributed by atoms with Crippen molar-refractivity contribution in [2.24, 2.45) is 0 Å². The van der Waals surface area contributed by atoms with Gasteiger partial charge in [-0.15, -0.1) is 11.8 Å². The molecule has 0 aliphatic carbocycles. The molecule has 0 aliphatic heterocycles. The first-order chi connectivity index (χ1) is 8.47. The summed E-state index contributed by atoms with van der Waals surface area (Å²) < 4.78 is 0. The molecule has 18 heavy (non-hydrogen) atoms. The van der Waals surface area contributed by atoms with E-state index in [9.17, 15) is 4.79 Å². The quantitative estimate of drug-likeness (QED) is 0.771. The minimum absolute atomic E-state index is 0.192. The Kier molecular flexibility index (Phi) is 6.22. The molecule has 0 saturated heterocycles. The largest absolute Gasteiger partial charge is 0.481 e. The maximum absolute atomic E-state index is 10.5. The fourth-order valence-electron chi connectivity index (χ4n) is 1.62. The van der Waals surface area contributed by atoms with Gasteiger partial charge in [0.15, 0.2) is 0 Å². The third kappa shape index (κ3) is 6.07. The predicted molar refractivity (Wildman–Crippen MR) is 76.0 cm³/mol. The number of rotatable bonds is 7. The van der Waals surface area contributed by atoms with Crippen LogP contribution in [0.5, 0.6) is 0 Å². The monoisotopic (exact) mass is 267 g/mol. The molecule has 0 spiro atoms. The van der Waals surface area contributed by atoms with Gasteiger partial charge in [0.05, 0.1) is 6.42 Å². The molecule has 1 N–H and O–H groups in total. The van der Waals surface area contributed by atoms with E-state index in [2.05, 4.69) is 38.1 Å². The number of hydrogen-bond donors (Lipinski definition) is 1. The number of thioether (sulfide) groups is 1. The van der Waals surface area contributed by atoms with Crippen LogP contribution in [-0.4, -0.2) is 34.8 Å². The first kappa shape index (κ1) is 15.1. The molecule has 0 atom stereocenters. The highest BCUT2D eigenvalue weighted by molar-refractivity contribution is 7.99. The topological polar surface area (TPSA) is 40.5 Å². The highest BCUT2D eigenvalue weighted by Gasteiger charge is 2.04. The Balaban J connectivity index is 2.45. The van der Waals surface area contributed by atoms with Crippen LogP contribution in [0.15, 0.2) is 29.2 Å². The Labute approximate surface area is 113 Å². The number of aliphatic carboxylic acids is 1. The Morgan fingerprint density at radius 2 is 1.94 bits per heavy atom. The van der Waals surface area contributed by atoms with Gasteiger partial charge in [-0.1, -0.05) is 26.0 Å². The van der Waals surface area contributed by atoms with Crippen LogP contribution in [0, 0.1) is 0 Å². The smallest absolute Gasteiger partial charge is 0.304 e. The molecular weight excluding hydrogens is 246 g/mol. The zero-order valence-electron chi connectivity index (χ0n) is 11.2. The number of carboxylic acid groups (broad SMARTS) is 1. The van der Waals surface area contributed by atoms with Gasteiger partial charge in [0, 0.05) is 23.2 Å². The molecule has 0 heterocycles. The maximum atomic E-state index is 10.5. The maximum Gasteiger partial charge on any atom is 0.304 e. The molecular formula is C14H21NO2S. The molecule has 0 aromatic heterocycles. The second kappa shape index (κ2) is 7.44. The van der Waals surface area contributed by atoms with E-state index in [0.29, 0.717) is 11.8 Å². The molecule has 1 rings (SSSR count). The van der Waals surface area contributed by atoms with E-state index in [-0.39, 0.29) is 6.42 Å². The fourth-order valence-corrected chi connectivity index (χ4v) is 2.46. The molecule has 100 valence electrons. The van der Waals surface area contributed by atoms with E-state index >= 15 is 0 Å². The molecule has 3 nitrogen and oxygen atoms in total. The van der Waals surface area contributed by atoms with E-state index < -0.39 is 5.97 Å². The second-order valence-electron chi connectivity index (χ2n) is 4.69. The van der Waals surface area contributed by atoms with Gasteiger partial charge in [-0.3, -0.25) is 4.79 Å². The van der Waals surface area contributed by atoms with E-state index in [1.54, 1.807) is 0 Å². The highest BCUT2D eigenvalue weighted by atomic mass is 32.2. The van der Waals surface area contributed by atoms with Crippen LogP contribution in [0.2, 0.25) is 0 Å². The van der Waals surface area contributed by atoms with Crippen molar-refractivity contribution in [3.63, 3.8) is 0 Å². The van der Waals surface area contributed by atoms with Crippen LogP contribution in [0.1, 0.15) is 25.8 Å². The lowest BCUT2D eigenvalue weighted by Gasteiger charge is -2.15. The summed E-state index contributed by atoms with van der Waals surface area (Å²) in [6.07, 6.45) is 0.192. The number of nitrogens with zero attached hydrogens (tertiary/aromatic N) is 1. The van der Waals surface area contributed by atoms with Gasteiger partial charge < -0.3 is 10.0 Å². The summed E-state index contributed by atoms with van der Waals surface area (Å²) in [4.78, 5) is 13.8. The summed E-state index contributed by atoms with van der Waals surface area (Å²) in [6.45, 7) is 5.73. The average Bonchev–Trinajstić information content (AvgIpc) is 2.28. The van der Waals surface area contributed by atoms with Crippen LogP contribution < -0.4 is 0 Å². The molecule has 0 amide bonds. The van der Waals surface area contributed by atoms with Crippen LogP contribution in [0.4, 0.5) is 0 Å². The van der Waals surface area contributed by atoms with Gasteiger partial charge in [-0.25, -0.2) is 0 Å². The molecule has 1 aromatic carbocycles. The first-order valence-electron chi connectivity index (χ1n) is 6.13. The van der Waals surface area contributed by atoms with Gasteiger partial charge in [-0.05, 0) is 24.7 Å². The Morgan fingerprint density at radius 3 is 2.44 bits per heavy atom. The first-order valence-corrected chi connectivity index (χ1v) is 7.01. The van der Waals surface area contributed by atoms with Gasteiger partial charge in [0.2, 0.25) is 0 Å². The van der Waals surface area contributed by atoms with Gasteiger partial charge in [0.25, 0.3) is 0 Å². The second-order valence-corrected chi connectivity index (χ2v) is 6.34. The van der Waals surface area contributed by atoms with E-state index in [4.69, 9.17) is 5.11 Å². The molecule has 0 radical (unpaired) electrons. The minimum Gasteiger partial charge on any atom is -0.481 e. The molecule has 0 saturated carbocycles. The molecule has 0 unspecified atom stereocenters. The molecule has 0 aliphatic rings. The third-order valence-electron chi connectivity index (χ3n) is 2.46. The summed E-state index contributed by atoms with van der Waals surface area (Å²) in [6, 6.07) is 8.49. The van der Waals surface area contributed by atoms with Crippen molar-refractivity contribution in [1.29, 1.82) is 0 Å².